The van der Waals surface area contributed by atoms with Crippen LogP contribution in [0.15, 0.2) is 18.2 Å². The zero-order valence-corrected chi connectivity index (χ0v) is 9.28. The van der Waals surface area contributed by atoms with Crippen LogP contribution >= 0.6 is 0 Å². The number of aromatic nitrogens is 1. The zero-order chi connectivity index (χ0) is 10.8. The van der Waals surface area contributed by atoms with E-state index in [1.807, 2.05) is 6.07 Å². The van der Waals surface area contributed by atoms with E-state index in [1.165, 1.54) is 12.5 Å². The van der Waals surface area contributed by atoms with E-state index in [0.29, 0.717) is 5.92 Å². The van der Waals surface area contributed by atoms with Crippen molar-refractivity contribution >= 4 is 5.82 Å². The minimum absolute atomic E-state index is 0.388. The summed E-state index contributed by atoms with van der Waals surface area (Å²) in [4.78, 5) is 6.08. The summed E-state index contributed by atoms with van der Waals surface area (Å²) in [7, 11) is 0. The molecule has 1 saturated heterocycles. The molecule has 0 amide bonds. The molecule has 2 rings (SSSR count). The number of nitrogens with zero attached hydrogens (tertiary/aromatic N) is 2. The number of pyridine rings is 1. The molecule has 1 aliphatic rings. The van der Waals surface area contributed by atoms with E-state index in [9.17, 15) is 4.39 Å². The van der Waals surface area contributed by atoms with Gasteiger partial charge in [-0.3, -0.25) is 0 Å². The monoisotopic (exact) mass is 208 g/mol. The summed E-state index contributed by atoms with van der Waals surface area (Å²) in [6.07, 6.45) is 1.19. The van der Waals surface area contributed by atoms with Gasteiger partial charge in [-0.2, -0.15) is 4.39 Å². The maximum Gasteiger partial charge on any atom is 0.214 e. The third-order valence-electron chi connectivity index (χ3n) is 3.19. The van der Waals surface area contributed by atoms with Gasteiger partial charge in [-0.05, 0) is 30.4 Å². The fourth-order valence-electron chi connectivity index (χ4n) is 2.11. The van der Waals surface area contributed by atoms with E-state index >= 15 is 0 Å². The van der Waals surface area contributed by atoms with Gasteiger partial charge < -0.3 is 4.90 Å². The SMILES string of the molecule is CC(C)C1CCN(c2cccc(F)n2)C1. The molecule has 1 aliphatic heterocycles. The first-order valence-corrected chi connectivity index (χ1v) is 5.54. The lowest BCUT2D eigenvalue weighted by Gasteiger charge is -2.18. The van der Waals surface area contributed by atoms with Crippen LogP contribution in [0.4, 0.5) is 10.2 Å². The summed E-state index contributed by atoms with van der Waals surface area (Å²) in [5, 5.41) is 0. The van der Waals surface area contributed by atoms with Crippen LogP contribution in [0.5, 0.6) is 0 Å². The van der Waals surface area contributed by atoms with Gasteiger partial charge in [0.15, 0.2) is 0 Å². The van der Waals surface area contributed by atoms with E-state index in [4.69, 9.17) is 0 Å². The Bertz CT molecular complexity index is 338. The van der Waals surface area contributed by atoms with E-state index < -0.39 is 0 Å². The summed E-state index contributed by atoms with van der Waals surface area (Å²) in [6, 6.07) is 4.99. The van der Waals surface area contributed by atoms with Crippen LogP contribution in [0, 0.1) is 17.8 Å². The molecule has 82 valence electrons. The molecule has 1 unspecified atom stereocenters. The molecule has 3 heteroatoms. The summed E-state index contributed by atoms with van der Waals surface area (Å²) >= 11 is 0. The van der Waals surface area contributed by atoms with E-state index in [-0.39, 0.29) is 5.95 Å². The highest BCUT2D eigenvalue weighted by Gasteiger charge is 2.25. The Balaban J connectivity index is 2.08. The largest absolute Gasteiger partial charge is 0.356 e. The third-order valence-corrected chi connectivity index (χ3v) is 3.19. The molecule has 1 aromatic rings. The number of hydrogen-bond donors (Lipinski definition) is 0. The highest BCUT2D eigenvalue weighted by Crippen LogP contribution is 2.26. The maximum atomic E-state index is 12.9. The minimum Gasteiger partial charge on any atom is -0.356 e. The summed E-state index contributed by atoms with van der Waals surface area (Å²) in [5.41, 5.74) is 0. The predicted octanol–water partition coefficient (Wildman–Crippen LogP) is 2.70. The van der Waals surface area contributed by atoms with Gasteiger partial charge in [0.1, 0.15) is 5.82 Å². The number of rotatable bonds is 2. The first-order valence-electron chi connectivity index (χ1n) is 5.54. The highest BCUT2D eigenvalue weighted by atomic mass is 19.1. The molecule has 0 bridgehead atoms. The van der Waals surface area contributed by atoms with Crippen molar-refractivity contribution in [2.24, 2.45) is 11.8 Å². The molecule has 0 spiro atoms. The zero-order valence-electron chi connectivity index (χ0n) is 9.28. The minimum atomic E-state index is -0.388. The molecule has 0 saturated carbocycles. The van der Waals surface area contributed by atoms with Crippen molar-refractivity contribution in [3.05, 3.63) is 24.1 Å². The molecule has 1 aromatic heterocycles. The van der Waals surface area contributed by atoms with Gasteiger partial charge in [0, 0.05) is 13.1 Å². The normalized spacial score (nSPS) is 21.3. The first kappa shape index (κ1) is 10.4. The molecule has 0 radical (unpaired) electrons. The lowest BCUT2D eigenvalue weighted by atomic mass is 9.95. The van der Waals surface area contributed by atoms with Crippen LogP contribution in [0.3, 0.4) is 0 Å². The first-order chi connectivity index (χ1) is 7.16. The van der Waals surface area contributed by atoms with Crippen molar-refractivity contribution in [2.45, 2.75) is 20.3 Å². The van der Waals surface area contributed by atoms with Crippen LogP contribution in [0.2, 0.25) is 0 Å². The number of anilines is 1. The second-order valence-electron chi connectivity index (χ2n) is 4.56. The van der Waals surface area contributed by atoms with Gasteiger partial charge in [-0.15, -0.1) is 0 Å². The quantitative estimate of drug-likeness (QED) is 0.695. The van der Waals surface area contributed by atoms with Crippen molar-refractivity contribution in [2.75, 3.05) is 18.0 Å². The lowest BCUT2D eigenvalue weighted by molar-refractivity contribution is 0.422. The van der Waals surface area contributed by atoms with Crippen molar-refractivity contribution < 1.29 is 4.39 Å². The van der Waals surface area contributed by atoms with Crippen molar-refractivity contribution in [3.63, 3.8) is 0 Å². The fraction of sp³-hybridized carbons (Fsp3) is 0.583. The Kier molecular flexibility index (Phi) is 2.89. The van der Waals surface area contributed by atoms with Gasteiger partial charge in [0.05, 0.1) is 0 Å². The molecule has 0 aromatic carbocycles. The summed E-state index contributed by atoms with van der Waals surface area (Å²) in [5.74, 6) is 1.80. The Morgan fingerprint density at radius 2 is 2.27 bits per heavy atom. The predicted molar refractivity (Wildman–Crippen MR) is 59.4 cm³/mol. The summed E-state index contributed by atoms with van der Waals surface area (Å²) < 4.78 is 12.9. The van der Waals surface area contributed by atoms with Crippen LogP contribution in [-0.2, 0) is 0 Å². The molecule has 0 aliphatic carbocycles. The maximum absolute atomic E-state index is 12.9. The van der Waals surface area contributed by atoms with Crippen LogP contribution < -0.4 is 4.90 Å². The molecule has 2 heterocycles. The van der Waals surface area contributed by atoms with Crippen molar-refractivity contribution in [3.8, 4) is 0 Å². The Morgan fingerprint density at radius 3 is 2.87 bits per heavy atom. The fourth-order valence-corrected chi connectivity index (χ4v) is 2.11. The van der Waals surface area contributed by atoms with E-state index in [0.717, 1.165) is 24.8 Å². The summed E-state index contributed by atoms with van der Waals surface area (Å²) in [6.45, 7) is 6.49. The third kappa shape index (κ3) is 2.28. The van der Waals surface area contributed by atoms with Gasteiger partial charge in [0.25, 0.3) is 0 Å². The van der Waals surface area contributed by atoms with Crippen molar-refractivity contribution in [1.29, 1.82) is 0 Å². The molecule has 1 fully saturated rings. The van der Waals surface area contributed by atoms with Gasteiger partial charge >= 0.3 is 0 Å². The average molecular weight is 208 g/mol. The van der Waals surface area contributed by atoms with Crippen LogP contribution in [-0.4, -0.2) is 18.1 Å². The Labute approximate surface area is 90.1 Å². The smallest absolute Gasteiger partial charge is 0.214 e. The molecular formula is C12H17FN2. The Morgan fingerprint density at radius 1 is 1.47 bits per heavy atom. The molecule has 0 N–H and O–H groups in total. The van der Waals surface area contributed by atoms with E-state index in [1.54, 1.807) is 6.07 Å². The lowest BCUT2D eigenvalue weighted by Crippen LogP contribution is -2.22. The van der Waals surface area contributed by atoms with Crippen LogP contribution in [0.25, 0.3) is 0 Å². The molecular weight excluding hydrogens is 191 g/mol. The second-order valence-corrected chi connectivity index (χ2v) is 4.56. The number of hydrogen-bond acceptors (Lipinski definition) is 2. The van der Waals surface area contributed by atoms with Crippen LogP contribution in [0.1, 0.15) is 20.3 Å². The molecule has 2 nitrogen and oxygen atoms in total. The van der Waals surface area contributed by atoms with Gasteiger partial charge in [-0.1, -0.05) is 19.9 Å². The van der Waals surface area contributed by atoms with E-state index in [2.05, 4.69) is 23.7 Å². The van der Waals surface area contributed by atoms with Gasteiger partial charge in [-0.25, -0.2) is 4.98 Å². The van der Waals surface area contributed by atoms with Crippen molar-refractivity contribution in [1.82, 2.24) is 4.98 Å². The van der Waals surface area contributed by atoms with Gasteiger partial charge in [0.2, 0.25) is 5.95 Å². The highest BCUT2D eigenvalue weighted by molar-refractivity contribution is 5.39. The topological polar surface area (TPSA) is 16.1 Å². The molecule has 1 atom stereocenters. The Hall–Kier alpha value is -1.12. The standard InChI is InChI=1S/C12H17FN2/c1-9(2)10-6-7-15(8-10)12-5-3-4-11(13)14-12/h3-5,9-10H,6-8H2,1-2H3. The molecule has 15 heavy (non-hydrogen) atoms. The average Bonchev–Trinajstić information content (AvgIpc) is 2.66. The second kappa shape index (κ2) is 4.17. The number of halogens is 1.